The number of aromatic nitrogens is 1. The van der Waals surface area contributed by atoms with Gasteiger partial charge in [0.15, 0.2) is 0 Å². The van der Waals surface area contributed by atoms with Crippen LogP contribution in [0.1, 0.15) is 23.6 Å². The molecular weight excluding hydrogens is 296 g/mol. The molecule has 1 aliphatic carbocycles. The van der Waals surface area contributed by atoms with Crippen LogP contribution in [-0.4, -0.2) is 13.4 Å². The van der Waals surface area contributed by atoms with Gasteiger partial charge >= 0.3 is 0 Å². The highest BCUT2D eigenvalue weighted by molar-refractivity contribution is 7.91. The first-order chi connectivity index (χ1) is 10.6. The Morgan fingerprint density at radius 3 is 2.73 bits per heavy atom. The Kier molecular flexibility index (Phi) is 2.89. The van der Waals surface area contributed by atoms with Gasteiger partial charge < -0.3 is 10.7 Å². The molecule has 0 bridgehead atoms. The van der Waals surface area contributed by atoms with E-state index in [1.807, 2.05) is 30.3 Å². The summed E-state index contributed by atoms with van der Waals surface area (Å²) in [5.41, 5.74) is 8.95. The molecule has 2 aromatic carbocycles. The minimum Gasteiger partial charge on any atom is -0.345 e. The molecule has 22 heavy (non-hydrogen) atoms. The number of aromatic amines is 1. The zero-order chi connectivity index (χ0) is 15.3. The number of hydrogen-bond donors (Lipinski definition) is 2. The molecule has 0 saturated heterocycles. The Balaban J connectivity index is 1.84. The van der Waals surface area contributed by atoms with Gasteiger partial charge in [0.25, 0.3) is 0 Å². The molecule has 112 valence electrons. The maximum atomic E-state index is 12.8. The Morgan fingerprint density at radius 2 is 1.91 bits per heavy atom. The van der Waals surface area contributed by atoms with Crippen LogP contribution in [0.25, 0.3) is 10.9 Å². The molecule has 1 unspecified atom stereocenters. The first-order valence-electron chi connectivity index (χ1n) is 7.27. The number of rotatable bonds is 2. The minimum atomic E-state index is -3.54. The minimum absolute atomic E-state index is 0.0276. The number of fused-ring (bicyclic) bond motifs is 2. The summed E-state index contributed by atoms with van der Waals surface area (Å²) in [6, 6.07) is 14.5. The zero-order valence-corrected chi connectivity index (χ0v) is 12.7. The summed E-state index contributed by atoms with van der Waals surface area (Å²) in [6.07, 6.45) is 1.72. The van der Waals surface area contributed by atoms with Crippen LogP contribution >= 0.6 is 0 Å². The molecule has 0 amide bonds. The van der Waals surface area contributed by atoms with Gasteiger partial charge in [-0.05, 0) is 48.2 Å². The van der Waals surface area contributed by atoms with E-state index >= 15 is 0 Å². The van der Waals surface area contributed by atoms with Crippen LogP contribution in [-0.2, 0) is 16.3 Å². The lowest BCUT2D eigenvalue weighted by Crippen LogP contribution is -2.06. The van der Waals surface area contributed by atoms with Crippen LogP contribution in [0.3, 0.4) is 0 Å². The van der Waals surface area contributed by atoms with Gasteiger partial charge in [-0.25, -0.2) is 8.42 Å². The van der Waals surface area contributed by atoms with Crippen molar-refractivity contribution in [1.82, 2.24) is 4.98 Å². The summed E-state index contributed by atoms with van der Waals surface area (Å²) in [5.74, 6) is 0. The number of hydrogen-bond acceptors (Lipinski definition) is 3. The van der Waals surface area contributed by atoms with Crippen LogP contribution in [0.5, 0.6) is 0 Å². The number of H-pyrrole nitrogens is 1. The lowest BCUT2D eigenvalue weighted by atomic mass is 10.1. The molecule has 0 aliphatic heterocycles. The molecule has 5 heteroatoms. The average Bonchev–Trinajstić information content (AvgIpc) is 3.11. The van der Waals surface area contributed by atoms with Gasteiger partial charge in [-0.3, -0.25) is 0 Å². The van der Waals surface area contributed by atoms with Gasteiger partial charge in [-0.15, -0.1) is 0 Å². The fourth-order valence-electron chi connectivity index (χ4n) is 3.11. The quantitative estimate of drug-likeness (QED) is 0.764. The second-order valence-corrected chi connectivity index (χ2v) is 7.65. The predicted octanol–water partition coefficient (Wildman–Crippen LogP) is 2.95. The van der Waals surface area contributed by atoms with E-state index in [9.17, 15) is 8.42 Å². The average molecular weight is 312 g/mol. The lowest BCUT2D eigenvalue weighted by molar-refractivity contribution is 0.593. The van der Waals surface area contributed by atoms with Gasteiger partial charge in [0, 0.05) is 16.9 Å². The molecule has 3 N–H and O–H groups in total. The predicted molar refractivity (Wildman–Crippen MR) is 85.4 cm³/mol. The highest BCUT2D eigenvalue weighted by atomic mass is 32.2. The van der Waals surface area contributed by atoms with Crippen molar-refractivity contribution in [3.63, 3.8) is 0 Å². The van der Waals surface area contributed by atoms with E-state index in [0.717, 1.165) is 34.9 Å². The van der Waals surface area contributed by atoms with Crippen LogP contribution in [0, 0.1) is 0 Å². The third-order valence-electron chi connectivity index (χ3n) is 4.34. The summed E-state index contributed by atoms with van der Waals surface area (Å²) >= 11 is 0. The molecule has 0 saturated carbocycles. The van der Waals surface area contributed by atoms with Crippen molar-refractivity contribution in [2.75, 3.05) is 0 Å². The molecule has 0 spiro atoms. The van der Waals surface area contributed by atoms with Crippen molar-refractivity contribution >= 4 is 20.7 Å². The summed E-state index contributed by atoms with van der Waals surface area (Å²) in [5, 5.41) is 1.13. The Bertz CT molecular complexity index is 940. The van der Waals surface area contributed by atoms with Crippen molar-refractivity contribution in [2.45, 2.75) is 28.8 Å². The van der Waals surface area contributed by atoms with Crippen molar-refractivity contribution in [1.29, 1.82) is 0 Å². The summed E-state index contributed by atoms with van der Waals surface area (Å²) in [7, 11) is -3.54. The van der Waals surface area contributed by atoms with Crippen LogP contribution < -0.4 is 5.73 Å². The molecule has 3 aromatic rings. The highest BCUT2D eigenvalue weighted by Crippen LogP contribution is 2.32. The Hall–Kier alpha value is -2.11. The summed E-state index contributed by atoms with van der Waals surface area (Å²) < 4.78 is 25.6. The molecule has 1 aliphatic rings. The fraction of sp³-hybridized carbons (Fsp3) is 0.176. The monoisotopic (exact) mass is 312 g/mol. The van der Waals surface area contributed by atoms with E-state index in [1.165, 1.54) is 0 Å². The normalized spacial score (nSPS) is 17.8. The number of aryl methyl sites for hydroxylation is 1. The molecule has 1 atom stereocenters. The van der Waals surface area contributed by atoms with Gasteiger partial charge in [-0.2, -0.15) is 0 Å². The maximum absolute atomic E-state index is 12.8. The van der Waals surface area contributed by atoms with Crippen LogP contribution in [0.15, 0.2) is 58.5 Å². The van der Waals surface area contributed by atoms with Crippen LogP contribution in [0.2, 0.25) is 0 Å². The number of sulfone groups is 1. The van der Waals surface area contributed by atoms with Crippen molar-refractivity contribution in [2.24, 2.45) is 5.73 Å². The molecule has 4 rings (SSSR count). The van der Waals surface area contributed by atoms with Gasteiger partial charge in [0.05, 0.1) is 4.90 Å². The van der Waals surface area contributed by atoms with E-state index in [-0.39, 0.29) is 11.1 Å². The van der Waals surface area contributed by atoms with Crippen molar-refractivity contribution in [3.8, 4) is 0 Å². The third kappa shape index (κ3) is 1.97. The Morgan fingerprint density at radius 1 is 1.09 bits per heavy atom. The standard InChI is InChI=1S/C17H16N2O2S/c18-15-8-5-11-9-13(6-7-14(11)15)22(20,21)17-10-12-3-1-2-4-16(12)19-17/h1-4,6-7,9-10,15,19H,5,8,18H2. The third-order valence-corrected chi connectivity index (χ3v) is 6.02. The molecule has 1 aromatic heterocycles. The molecule has 1 heterocycles. The lowest BCUT2D eigenvalue weighted by Gasteiger charge is -2.07. The van der Waals surface area contributed by atoms with E-state index in [0.29, 0.717) is 4.90 Å². The van der Waals surface area contributed by atoms with Crippen molar-refractivity contribution < 1.29 is 8.42 Å². The van der Waals surface area contributed by atoms with Crippen LogP contribution in [0.4, 0.5) is 0 Å². The summed E-state index contributed by atoms with van der Waals surface area (Å²) in [4.78, 5) is 3.32. The molecule has 0 radical (unpaired) electrons. The smallest absolute Gasteiger partial charge is 0.221 e. The zero-order valence-electron chi connectivity index (χ0n) is 11.9. The first kappa shape index (κ1) is 13.5. The first-order valence-corrected chi connectivity index (χ1v) is 8.75. The highest BCUT2D eigenvalue weighted by Gasteiger charge is 2.24. The number of benzene rings is 2. The van der Waals surface area contributed by atoms with E-state index in [4.69, 9.17) is 5.73 Å². The van der Waals surface area contributed by atoms with Crippen molar-refractivity contribution in [3.05, 3.63) is 59.7 Å². The molecule has 0 fully saturated rings. The van der Waals surface area contributed by atoms with Gasteiger partial charge in [0.2, 0.25) is 9.84 Å². The second-order valence-electron chi connectivity index (χ2n) is 5.73. The largest absolute Gasteiger partial charge is 0.345 e. The van der Waals surface area contributed by atoms with Gasteiger partial charge in [-0.1, -0.05) is 24.3 Å². The van der Waals surface area contributed by atoms with Gasteiger partial charge in [0.1, 0.15) is 5.03 Å². The summed E-state index contributed by atoms with van der Waals surface area (Å²) in [6.45, 7) is 0. The SMILES string of the molecule is NC1CCc2cc(S(=O)(=O)c3cc4ccccc4[nH]3)ccc21. The Labute approximate surface area is 128 Å². The number of nitrogens with one attached hydrogen (secondary N) is 1. The maximum Gasteiger partial charge on any atom is 0.221 e. The van der Waals surface area contributed by atoms with E-state index < -0.39 is 9.84 Å². The van der Waals surface area contributed by atoms with E-state index in [2.05, 4.69) is 4.98 Å². The second kappa shape index (κ2) is 4.69. The molecular formula is C17H16N2O2S. The molecule has 4 nitrogen and oxygen atoms in total. The topological polar surface area (TPSA) is 76.0 Å². The fourth-order valence-corrected chi connectivity index (χ4v) is 4.44. The number of nitrogens with two attached hydrogens (primary N) is 1. The number of para-hydroxylation sites is 1. The van der Waals surface area contributed by atoms with E-state index in [1.54, 1.807) is 18.2 Å².